The number of fused-ring (bicyclic) bond motifs is 1. The maximum Gasteiger partial charge on any atom is 0.0944 e. The third-order valence-corrected chi connectivity index (χ3v) is 3.43. The van der Waals surface area contributed by atoms with Crippen LogP contribution in [0.15, 0.2) is 0 Å². The van der Waals surface area contributed by atoms with Crippen LogP contribution in [0.4, 0.5) is 0 Å². The van der Waals surface area contributed by atoms with Crippen LogP contribution in [0.3, 0.4) is 0 Å². The van der Waals surface area contributed by atoms with Gasteiger partial charge < -0.3 is 10.8 Å². The molecule has 1 atom stereocenters. The SMILES string of the molecule is Cc1c2c(nn1C)CCCC2(O)CCN. The van der Waals surface area contributed by atoms with Crippen LogP contribution in [0.25, 0.3) is 0 Å². The molecule has 15 heavy (non-hydrogen) atoms. The Balaban J connectivity index is 2.49. The highest BCUT2D eigenvalue weighted by atomic mass is 16.3. The first-order valence-electron chi connectivity index (χ1n) is 5.54. The second kappa shape index (κ2) is 3.61. The van der Waals surface area contributed by atoms with E-state index in [2.05, 4.69) is 5.10 Å². The normalized spacial score (nSPS) is 25.3. The maximum atomic E-state index is 10.6. The summed E-state index contributed by atoms with van der Waals surface area (Å²) in [4.78, 5) is 0. The Morgan fingerprint density at radius 1 is 1.60 bits per heavy atom. The fourth-order valence-electron chi connectivity index (χ4n) is 2.62. The summed E-state index contributed by atoms with van der Waals surface area (Å²) < 4.78 is 1.86. The average Bonchev–Trinajstić information content (AvgIpc) is 2.44. The van der Waals surface area contributed by atoms with Crippen molar-refractivity contribution in [2.45, 2.75) is 38.2 Å². The van der Waals surface area contributed by atoms with Crippen molar-refractivity contribution in [2.75, 3.05) is 6.54 Å². The standard InChI is InChI=1S/C11H19N3O/c1-8-10-9(13-14(8)2)4-3-5-11(10,15)6-7-12/h15H,3-7,12H2,1-2H3. The van der Waals surface area contributed by atoms with Gasteiger partial charge in [0.2, 0.25) is 0 Å². The lowest BCUT2D eigenvalue weighted by atomic mass is 9.79. The van der Waals surface area contributed by atoms with Gasteiger partial charge in [-0.1, -0.05) is 0 Å². The van der Waals surface area contributed by atoms with Crippen molar-refractivity contribution in [3.05, 3.63) is 17.0 Å². The van der Waals surface area contributed by atoms with E-state index in [1.165, 1.54) is 0 Å². The van der Waals surface area contributed by atoms with Crippen LogP contribution in [0.5, 0.6) is 0 Å². The zero-order valence-corrected chi connectivity index (χ0v) is 9.45. The molecule has 0 amide bonds. The van der Waals surface area contributed by atoms with Crippen molar-refractivity contribution in [1.29, 1.82) is 0 Å². The van der Waals surface area contributed by atoms with E-state index < -0.39 is 5.60 Å². The van der Waals surface area contributed by atoms with E-state index >= 15 is 0 Å². The second-order valence-corrected chi connectivity index (χ2v) is 4.45. The molecule has 0 saturated heterocycles. The fourth-order valence-corrected chi connectivity index (χ4v) is 2.62. The number of aliphatic hydroxyl groups is 1. The first-order valence-corrected chi connectivity index (χ1v) is 5.54. The minimum Gasteiger partial charge on any atom is -0.385 e. The summed E-state index contributed by atoms with van der Waals surface area (Å²) in [6.07, 6.45) is 3.42. The fraction of sp³-hybridized carbons (Fsp3) is 0.727. The second-order valence-electron chi connectivity index (χ2n) is 4.45. The van der Waals surface area contributed by atoms with Crippen molar-refractivity contribution in [2.24, 2.45) is 12.8 Å². The van der Waals surface area contributed by atoms with Crippen molar-refractivity contribution in [3.8, 4) is 0 Å². The quantitative estimate of drug-likeness (QED) is 0.749. The van der Waals surface area contributed by atoms with Gasteiger partial charge in [-0.2, -0.15) is 5.10 Å². The Kier molecular flexibility index (Phi) is 2.56. The van der Waals surface area contributed by atoms with E-state index in [1.54, 1.807) is 0 Å². The molecule has 0 aromatic carbocycles. The molecule has 0 bridgehead atoms. The first kappa shape index (κ1) is 10.6. The van der Waals surface area contributed by atoms with Gasteiger partial charge in [-0.15, -0.1) is 0 Å². The van der Waals surface area contributed by atoms with Gasteiger partial charge >= 0.3 is 0 Å². The van der Waals surface area contributed by atoms with Gasteiger partial charge in [0, 0.05) is 18.3 Å². The number of nitrogens with zero attached hydrogens (tertiary/aromatic N) is 2. The maximum absolute atomic E-state index is 10.6. The third kappa shape index (κ3) is 1.58. The molecule has 1 aliphatic rings. The topological polar surface area (TPSA) is 64.1 Å². The van der Waals surface area contributed by atoms with Gasteiger partial charge in [-0.3, -0.25) is 4.68 Å². The number of hydrogen-bond acceptors (Lipinski definition) is 3. The zero-order valence-electron chi connectivity index (χ0n) is 9.45. The predicted molar refractivity (Wildman–Crippen MR) is 58.5 cm³/mol. The molecule has 84 valence electrons. The van der Waals surface area contributed by atoms with E-state index in [1.807, 2.05) is 18.7 Å². The van der Waals surface area contributed by atoms with Crippen LogP contribution in [0, 0.1) is 6.92 Å². The summed E-state index contributed by atoms with van der Waals surface area (Å²) in [5, 5.41) is 15.0. The van der Waals surface area contributed by atoms with Gasteiger partial charge in [0.05, 0.1) is 11.3 Å². The Bertz CT molecular complexity index is 372. The molecule has 4 nitrogen and oxygen atoms in total. The summed E-state index contributed by atoms with van der Waals surface area (Å²) >= 11 is 0. The van der Waals surface area contributed by atoms with Gasteiger partial charge in [0.1, 0.15) is 0 Å². The number of rotatable bonds is 2. The monoisotopic (exact) mass is 209 g/mol. The number of aryl methyl sites for hydroxylation is 2. The summed E-state index contributed by atoms with van der Waals surface area (Å²) in [6.45, 7) is 2.53. The molecule has 0 aliphatic heterocycles. The first-order chi connectivity index (χ1) is 7.08. The van der Waals surface area contributed by atoms with Crippen LogP contribution in [-0.4, -0.2) is 21.4 Å². The molecule has 3 N–H and O–H groups in total. The third-order valence-electron chi connectivity index (χ3n) is 3.43. The molecule has 1 unspecified atom stereocenters. The van der Waals surface area contributed by atoms with Gasteiger partial charge in [-0.25, -0.2) is 0 Å². The summed E-state index contributed by atoms with van der Waals surface area (Å²) in [5.41, 5.74) is 7.99. The minimum absolute atomic E-state index is 0.518. The lowest BCUT2D eigenvalue weighted by Crippen LogP contribution is -2.33. The smallest absolute Gasteiger partial charge is 0.0944 e. The molecular formula is C11H19N3O. The van der Waals surface area contributed by atoms with Crippen LogP contribution in [-0.2, 0) is 19.1 Å². The molecule has 2 rings (SSSR count). The van der Waals surface area contributed by atoms with Gasteiger partial charge in [0.15, 0.2) is 0 Å². The van der Waals surface area contributed by atoms with Crippen molar-refractivity contribution < 1.29 is 5.11 Å². The molecule has 4 heteroatoms. The van der Waals surface area contributed by atoms with Gasteiger partial charge in [-0.05, 0) is 39.2 Å². The lowest BCUT2D eigenvalue weighted by molar-refractivity contribution is 0.0118. The molecule has 0 radical (unpaired) electrons. The summed E-state index contributed by atoms with van der Waals surface area (Å²) in [5.74, 6) is 0. The van der Waals surface area contributed by atoms with Crippen LogP contribution in [0.1, 0.15) is 36.2 Å². The van der Waals surface area contributed by atoms with Crippen LogP contribution >= 0.6 is 0 Å². The van der Waals surface area contributed by atoms with Crippen molar-refractivity contribution >= 4 is 0 Å². The highest BCUT2D eigenvalue weighted by Gasteiger charge is 2.37. The van der Waals surface area contributed by atoms with E-state index in [0.717, 1.165) is 36.2 Å². The Hall–Kier alpha value is -0.870. The number of nitrogens with two attached hydrogens (primary N) is 1. The number of hydrogen-bond donors (Lipinski definition) is 2. The van der Waals surface area contributed by atoms with Crippen LogP contribution < -0.4 is 5.73 Å². The molecular weight excluding hydrogens is 190 g/mol. The number of aromatic nitrogens is 2. The Morgan fingerprint density at radius 3 is 3.00 bits per heavy atom. The van der Waals surface area contributed by atoms with E-state index in [4.69, 9.17) is 5.73 Å². The van der Waals surface area contributed by atoms with Crippen molar-refractivity contribution in [3.63, 3.8) is 0 Å². The molecule has 0 spiro atoms. The Morgan fingerprint density at radius 2 is 2.33 bits per heavy atom. The molecule has 1 aromatic rings. The molecule has 0 fully saturated rings. The van der Waals surface area contributed by atoms with Crippen molar-refractivity contribution in [1.82, 2.24) is 9.78 Å². The molecule has 0 saturated carbocycles. The molecule has 1 heterocycles. The minimum atomic E-state index is -0.735. The highest BCUT2D eigenvalue weighted by molar-refractivity contribution is 5.34. The summed E-state index contributed by atoms with van der Waals surface area (Å²) in [6, 6.07) is 0. The Labute approximate surface area is 90.1 Å². The van der Waals surface area contributed by atoms with E-state index in [9.17, 15) is 5.11 Å². The molecule has 1 aliphatic carbocycles. The molecule has 1 aromatic heterocycles. The van der Waals surface area contributed by atoms with E-state index in [0.29, 0.717) is 13.0 Å². The van der Waals surface area contributed by atoms with Gasteiger partial charge in [0.25, 0.3) is 0 Å². The lowest BCUT2D eigenvalue weighted by Gasteiger charge is -2.32. The van der Waals surface area contributed by atoms with E-state index in [-0.39, 0.29) is 0 Å². The zero-order chi connectivity index (χ0) is 11.1. The predicted octanol–water partition coefficient (Wildman–Crippen LogP) is 0.601. The summed E-state index contributed by atoms with van der Waals surface area (Å²) in [7, 11) is 1.93. The largest absolute Gasteiger partial charge is 0.385 e. The van der Waals surface area contributed by atoms with Crippen LogP contribution in [0.2, 0.25) is 0 Å². The average molecular weight is 209 g/mol. The highest BCUT2D eigenvalue weighted by Crippen LogP contribution is 2.38.